The summed E-state index contributed by atoms with van der Waals surface area (Å²) in [6, 6.07) is 14.7. The van der Waals surface area contributed by atoms with Gasteiger partial charge >= 0.3 is 0 Å². The topological polar surface area (TPSA) is 87.3 Å². The molecule has 6 nitrogen and oxygen atoms in total. The molecular weight excluding hydrogens is 354 g/mol. The minimum Gasteiger partial charge on any atom is -0.352 e. The molecule has 0 aliphatic rings. The monoisotopic (exact) mass is 381 g/mol. The highest BCUT2D eigenvalue weighted by Gasteiger charge is 2.09. The number of aryl methyl sites for hydroxylation is 1. The Balaban J connectivity index is 1.74. The maximum absolute atomic E-state index is 12.1. The molecule has 0 heterocycles. The van der Waals surface area contributed by atoms with Crippen LogP contribution in [0.4, 0.5) is 5.69 Å². The fourth-order valence-electron chi connectivity index (χ4n) is 2.71. The van der Waals surface area contributed by atoms with Crippen molar-refractivity contribution in [2.45, 2.75) is 39.7 Å². The van der Waals surface area contributed by atoms with E-state index in [2.05, 4.69) is 16.0 Å². The molecule has 3 N–H and O–H groups in total. The van der Waals surface area contributed by atoms with Gasteiger partial charge in [0.25, 0.3) is 5.91 Å². The Morgan fingerprint density at radius 1 is 0.893 bits per heavy atom. The van der Waals surface area contributed by atoms with Crippen LogP contribution in [0.3, 0.4) is 0 Å². The molecular formula is C22H27N3O3. The van der Waals surface area contributed by atoms with E-state index in [4.69, 9.17) is 0 Å². The molecule has 28 heavy (non-hydrogen) atoms. The summed E-state index contributed by atoms with van der Waals surface area (Å²) in [6.07, 6.45) is 1.47. The summed E-state index contributed by atoms with van der Waals surface area (Å²) in [5.41, 5.74) is 3.13. The predicted molar refractivity (Wildman–Crippen MR) is 110 cm³/mol. The van der Waals surface area contributed by atoms with Gasteiger partial charge in [0.1, 0.15) is 0 Å². The van der Waals surface area contributed by atoms with E-state index in [1.54, 1.807) is 6.07 Å². The maximum Gasteiger partial charge on any atom is 0.251 e. The highest BCUT2D eigenvalue weighted by molar-refractivity contribution is 5.95. The number of anilines is 1. The van der Waals surface area contributed by atoms with E-state index >= 15 is 0 Å². The third-order valence-electron chi connectivity index (χ3n) is 4.20. The van der Waals surface area contributed by atoms with Gasteiger partial charge < -0.3 is 16.0 Å². The molecule has 0 aromatic heterocycles. The zero-order valence-corrected chi connectivity index (χ0v) is 16.4. The summed E-state index contributed by atoms with van der Waals surface area (Å²) in [5.74, 6) is -0.347. The van der Waals surface area contributed by atoms with Crippen molar-refractivity contribution in [3.63, 3.8) is 0 Å². The van der Waals surface area contributed by atoms with Crippen molar-refractivity contribution in [2.24, 2.45) is 0 Å². The molecule has 0 unspecified atom stereocenters. The normalized spacial score (nSPS) is 10.2. The molecule has 0 bridgehead atoms. The van der Waals surface area contributed by atoms with Gasteiger partial charge in [-0.15, -0.1) is 0 Å². The van der Waals surface area contributed by atoms with Crippen LogP contribution in [0, 0.1) is 6.92 Å². The lowest BCUT2D eigenvalue weighted by atomic mass is 10.1. The number of carbonyl (C=O) groups excluding carboxylic acids is 3. The lowest BCUT2D eigenvalue weighted by Gasteiger charge is -2.10. The number of nitrogens with one attached hydrogen (secondary N) is 3. The first-order valence-corrected chi connectivity index (χ1v) is 9.49. The van der Waals surface area contributed by atoms with E-state index in [9.17, 15) is 14.4 Å². The van der Waals surface area contributed by atoms with Crippen LogP contribution in [0.15, 0.2) is 48.5 Å². The van der Waals surface area contributed by atoms with Gasteiger partial charge in [-0.05, 0) is 42.7 Å². The Morgan fingerprint density at radius 3 is 2.43 bits per heavy atom. The van der Waals surface area contributed by atoms with E-state index in [1.165, 1.54) is 0 Å². The fraction of sp³-hybridized carbons (Fsp3) is 0.318. The van der Waals surface area contributed by atoms with E-state index in [0.717, 1.165) is 23.2 Å². The molecule has 2 rings (SSSR count). The van der Waals surface area contributed by atoms with Gasteiger partial charge in [-0.2, -0.15) is 0 Å². The summed E-state index contributed by atoms with van der Waals surface area (Å²) >= 11 is 0. The van der Waals surface area contributed by atoms with Gasteiger partial charge in [0.05, 0.1) is 0 Å². The van der Waals surface area contributed by atoms with Crippen molar-refractivity contribution >= 4 is 23.4 Å². The van der Waals surface area contributed by atoms with E-state index in [-0.39, 0.29) is 30.7 Å². The van der Waals surface area contributed by atoms with Gasteiger partial charge in [0.2, 0.25) is 11.8 Å². The SMILES string of the molecule is CCCC(=O)Nc1cccc(CNC(=O)CCNC(=O)c2ccccc2C)c1. The fourth-order valence-corrected chi connectivity index (χ4v) is 2.71. The minimum absolute atomic E-state index is 0.0203. The summed E-state index contributed by atoms with van der Waals surface area (Å²) in [7, 11) is 0. The molecule has 0 saturated heterocycles. The Kier molecular flexibility index (Phi) is 8.21. The van der Waals surface area contributed by atoms with Crippen molar-refractivity contribution in [3.05, 3.63) is 65.2 Å². The quantitative estimate of drug-likeness (QED) is 0.623. The molecule has 0 spiro atoms. The van der Waals surface area contributed by atoms with Crippen molar-refractivity contribution in [2.75, 3.05) is 11.9 Å². The molecule has 0 radical (unpaired) electrons. The van der Waals surface area contributed by atoms with Crippen LogP contribution in [0.1, 0.15) is 47.7 Å². The molecule has 0 aliphatic heterocycles. The average Bonchev–Trinajstić information content (AvgIpc) is 2.67. The molecule has 6 heteroatoms. The molecule has 0 fully saturated rings. The second-order valence-corrected chi connectivity index (χ2v) is 6.60. The van der Waals surface area contributed by atoms with Crippen LogP contribution in [-0.2, 0) is 16.1 Å². The third-order valence-corrected chi connectivity index (χ3v) is 4.20. The van der Waals surface area contributed by atoms with Crippen LogP contribution >= 0.6 is 0 Å². The number of carbonyl (C=O) groups is 3. The Bertz CT molecular complexity index is 833. The standard InChI is InChI=1S/C22H27N3O3/c1-3-7-21(27)25-18-10-6-9-17(14-18)15-24-20(26)12-13-23-22(28)19-11-5-4-8-16(19)2/h4-6,8-11,14H,3,7,12-13,15H2,1-2H3,(H,23,28)(H,24,26)(H,25,27). The highest BCUT2D eigenvalue weighted by atomic mass is 16.2. The summed E-state index contributed by atoms with van der Waals surface area (Å²) in [5, 5.41) is 8.43. The molecule has 0 aliphatic carbocycles. The van der Waals surface area contributed by atoms with Gasteiger partial charge in [-0.3, -0.25) is 14.4 Å². The summed E-state index contributed by atoms with van der Waals surface area (Å²) < 4.78 is 0. The highest BCUT2D eigenvalue weighted by Crippen LogP contribution is 2.11. The summed E-state index contributed by atoms with van der Waals surface area (Å²) in [4.78, 5) is 35.8. The summed E-state index contributed by atoms with van der Waals surface area (Å²) in [6.45, 7) is 4.46. The lowest BCUT2D eigenvalue weighted by molar-refractivity contribution is -0.121. The van der Waals surface area contributed by atoms with Crippen LogP contribution in [0.5, 0.6) is 0 Å². The smallest absolute Gasteiger partial charge is 0.251 e. The largest absolute Gasteiger partial charge is 0.352 e. The number of hydrogen-bond donors (Lipinski definition) is 3. The van der Waals surface area contributed by atoms with E-state index < -0.39 is 0 Å². The Morgan fingerprint density at radius 2 is 1.68 bits per heavy atom. The second-order valence-electron chi connectivity index (χ2n) is 6.60. The Labute approximate surface area is 165 Å². The van der Waals surface area contributed by atoms with Gasteiger partial charge in [-0.1, -0.05) is 37.3 Å². The van der Waals surface area contributed by atoms with Crippen molar-refractivity contribution in [1.29, 1.82) is 0 Å². The van der Waals surface area contributed by atoms with Gasteiger partial charge in [-0.25, -0.2) is 0 Å². The number of hydrogen-bond acceptors (Lipinski definition) is 3. The molecule has 2 aromatic rings. The first kappa shape index (κ1) is 21.2. The zero-order valence-electron chi connectivity index (χ0n) is 16.4. The predicted octanol–water partition coefficient (Wildman–Crippen LogP) is 3.17. The molecule has 2 aromatic carbocycles. The van der Waals surface area contributed by atoms with Crippen molar-refractivity contribution in [1.82, 2.24) is 10.6 Å². The van der Waals surface area contributed by atoms with Gasteiger partial charge in [0, 0.05) is 37.2 Å². The van der Waals surface area contributed by atoms with E-state index in [0.29, 0.717) is 18.5 Å². The van der Waals surface area contributed by atoms with Crippen LogP contribution in [0.25, 0.3) is 0 Å². The maximum atomic E-state index is 12.1. The number of benzene rings is 2. The average molecular weight is 381 g/mol. The van der Waals surface area contributed by atoms with Gasteiger partial charge in [0.15, 0.2) is 0 Å². The Hall–Kier alpha value is -3.15. The number of amides is 3. The number of rotatable bonds is 9. The van der Waals surface area contributed by atoms with Crippen molar-refractivity contribution < 1.29 is 14.4 Å². The second kappa shape index (κ2) is 10.9. The van der Waals surface area contributed by atoms with Crippen LogP contribution < -0.4 is 16.0 Å². The lowest BCUT2D eigenvalue weighted by Crippen LogP contribution is -2.30. The first-order chi connectivity index (χ1) is 13.5. The molecule has 148 valence electrons. The van der Waals surface area contributed by atoms with Crippen molar-refractivity contribution in [3.8, 4) is 0 Å². The third kappa shape index (κ3) is 6.87. The molecule has 0 atom stereocenters. The molecule has 3 amide bonds. The minimum atomic E-state index is -0.179. The van der Waals surface area contributed by atoms with E-state index in [1.807, 2.05) is 56.3 Å². The first-order valence-electron chi connectivity index (χ1n) is 9.49. The van der Waals surface area contributed by atoms with Crippen LogP contribution in [0.2, 0.25) is 0 Å². The zero-order chi connectivity index (χ0) is 20.4. The van der Waals surface area contributed by atoms with Crippen LogP contribution in [-0.4, -0.2) is 24.3 Å². The molecule has 0 saturated carbocycles.